The molecule has 0 unspecified atom stereocenters. The zero-order valence-electron chi connectivity index (χ0n) is 11.5. The minimum absolute atomic E-state index is 0.475. The Morgan fingerprint density at radius 1 is 1.47 bits per heavy atom. The minimum atomic E-state index is 0.475. The van der Waals surface area contributed by atoms with Gasteiger partial charge in [0, 0.05) is 12.6 Å². The molecule has 19 heavy (non-hydrogen) atoms. The monoisotopic (exact) mass is 371 g/mol. The molecule has 1 atom stereocenters. The molecule has 0 heterocycles. The van der Waals surface area contributed by atoms with Crippen molar-refractivity contribution in [3.63, 3.8) is 0 Å². The maximum absolute atomic E-state index is 10.0. The van der Waals surface area contributed by atoms with Crippen LogP contribution in [0.25, 0.3) is 0 Å². The van der Waals surface area contributed by atoms with E-state index in [1.165, 1.54) is 24.0 Å². The van der Waals surface area contributed by atoms with Crippen molar-refractivity contribution < 1.29 is 5.11 Å². The van der Waals surface area contributed by atoms with Gasteiger partial charge >= 0.3 is 0 Å². The summed E-state index contributed by atoms with van der Waals surface area (Å²) in [5, 5.41) is 10.0. The van der Waals surface area contributed by atoms with Crippen LogP contribution in [-0.4, -0.2) is 29.1 Å². The number of hydrogen-bond donors (Lipinski definition) is 1. The van der Waals surface area contributed by atoms with Crippen molar-refractivity contribution in [2.45, 2.75) is 38.6 Å². The molecule has 0 radical (unpaired) electrons. The van der Waals surface area contributed by atoms with Gasteiger partial charge in [-0.2, -0.15) is 0 Å². The van der Waals surface area contributed by atoms with E-state index >= 15 is 0 Å². The summed E-state index contributed by atoms with van der Waals surface area (Å²) in [7, 11) is 0. The SMILES string of the molecule is CCCN(C/C=C/I)[C@@H]1CCc2cccc(O)c2C1. The molecule has 0 saturated carbocycles. The molecule has 0 spiro atoms. The summed E-state index contributed by atoms with van der Waals surface area (Å²) in [6.45, 7) is 4.38. The van der Waals surface area contributed by atoms with Crippen molar-refractivity contribution in [2.24, 2.45) is 0 Å². The Morgan fingerprint density at radius 2 is 2.32 bits per heavy atom. The Bertz CT molecular complexity index is 444. The molecule has 0 saturated heterocycles. The topological polar surface area (TPSA) is 23.5 Å². The summed E-state index contributed by atoms with van der Waals surface area (Å²) in [6, 6.07) is 6.49. The van der Waals surface area contributed by atoms with Crippen LogP contribution in [0.5, 0.6) is 5.75 Å². The summed E-state index contributed by atoms with van der Waals surface area (Å²) in [5.41, 5.74) is 2.50. The van der Waals surface area contributed by atoms with Gasteiger partial charge in [0.15, 0.2) is 0 Å². The molecule has 104 valence electrons. The predicted octanol–water partition coefficient (Wildman–Crippen LogP) is 3.91. The van der Waals surface area contributed by atoms with E-state index in [1.807, 2.05) is 12.1 Å². The largest absolute Gasteiger partial charge is 0.508 e. The fourth-order valence-corrected chi connectivity index (χ4v) is 3.18. The quantitative estimate of drug-likeness (QED) is 0.794. The first-order valence-corrected chi connectivity index (χ1v) is 8.29. The standard InChI is InChI=1S/C16H22INO/c1-2-10-18(11-4-9-17)14-8-7-13-5-3-6-16(19)15(13)12-14/h3-6,9,14,19H,2,7-8,10-12H2,1H3/b9-4+/t14-/m1/s1. The number of hydrogen-bond acceptors (Lipinski definition) is 2. The highest BCUT2D eigenvalue weighted by Crippen LogP contribution is 2.30. The first kappa shape index (κ1) is 14.9. The molecule has 2 rings (SSSR count). The van der Waals surface area contributed by atoms with Gasteiger partial charge in [-0.15, -0.1) is 0 Å². The average molecular weight is 371 g/mol. The number of phenolic OH excluding ortho intramolecular Hbond substituents is 1. The molecule has 1 aliphatic rings. The first-order valence-electron chi connectivity index (χ1n) is 7.05. The van der Waals surface area contributed by atoms with Gasteiger partial charge in [0.1, 0.15) is 5.75 Å². The van der Waals surface area contributed by atoms with Crippen LogP contribution in [0.2, 0.25) is 0 Å². The third-order valence-corrected chi connectivity index (χ3v) is 4.40. The minimum Gasteiger partial charge on any atom is -0.508 e. The fraction of sp³-hybridized carbons (Fsp3) is 0.500. The molecule has 3 heteroatoms. The van der Waals surface area contributed by atoms with Gasteiger partial charge in [-0.05, 0) is 53.5 Å². The Hall–Kier alpha value is -0.550. The Balaban J connectivity index is 2.12. The maximum atomic E-state index is 10.0. The highest BCUT2D eigenvalue weighted by Gasteiger charge is 2.24. The van der Waals surface area contributed by atoms with Crippen LogP contribution in [0.4, 0.5) is 0 Å². The van der Waals surface area contributed by atoms with Crippen LogP contribution >= 0.6 is 22.6 Å². The normalized spacial score (nSPS) is 19.0. The van der Waals surface area contributed by atoms with E-state index < -0.39 is 0 Å². The second-order valence-corrected chi connectivity index (χ2v) is 5.89. The van der Waals surface area contributed by atoms with E-state index in [1.54, 1.807) is 0 Å². The number of benzene rings is 1. The number of nitrogens with zero attached hydrogens (tertiary/aromatic N) is 1. The van der Waals surface area contributed by atoms with E-state index in [4.69, 9.17) is 0 Å². The number of aryl methyl sites for hydroxylation is 1. The zero-order chi connectivity index (χ0) is 13.7. The highest BCUT2D eigenvalue weighted by molar-refractivity contribution is 14.1. The second kappa shape index (κ2) is 7.29. The number of halogens is 1. The van der Waals surface area contributed by atoms with Gasteiger partial charge in [0.05, 0.1) is 0 Å². The summed E-state index contributed by atoms with van der Waals surface area (Å²) < 4.78 is 2.09. The van der Waals surface area contributed by atoms with Crippen LogP contribution in [0, 0.1) is 0 Å². The lowest BCUT2D eigenvalue weighted by atomic mass is 9.86. The van der Waals surface area contributed by atoms with Gasteiger partial charge in [-0.1, -0.05) is 47.7 Å². The summed E-state index contributed by atoms with van der Waals surface area (Å²) in [4.78, 5) is 2.55. The number of phenols is 1. The van der Waals surface area contributed by atoms with Crippen LogP contribution in [0.1, 0.15) is 30.9 Å². The third-order valence-electron chi connectivity index (χ3n) is 3.89. The van der Waals surface area contributed by atoms with Crippen LogP contribution in [0.3, 0.4) is 0 Å². The highest BCUT2D eigenvalue weighted by atomic mass is 127. The fourth-order valence-electron chi connectivity index (χ4n) is 2.95. The van der Waals surface area contributed by atoms with Crippen molar-refractivity contribution in [3.8, 4) is 5.75 Å². The zero-order valence-corrected chi connectivity index (χ0v) is 13.6. The second-order valence-electron chi connectivity index (χ2n) is 5.17. The van der Waals surface area contributed by atoms with E-state index in [9.17, 15) is 5.11 Å². The molecule has 0 fully saturated rings. The van der Waals surface area contributed by atoms with Gasteiger partial charge in [0.25, 0.3) is 0 Å². The van der Waals surface area contributed by atoms with Gasteiger partial charge in [-0.3, -0.25) is 4.90 Å². The van der Waals surface area contributed by atoms with Crippen LogP contribution in [0.15, 0.2) is 28.4 Å². The number of rotatable bonds is 5. The summed E-state index contributed by atoms with van der Waals surface area (Å²) in [5.74, 6) is 0.475. The Morgan fingerprint density at radius 3 is 3.05 bits per heavy atom. The number of aromatic hydroxyl groups is 1. The smallest absolute Gasteiger partial charge is 0.119 e. The van der Waals surface area contributed by atoms with Crippen LogP contribution in [-0.2, 0) is 12.8 Å². The van der Waals surface area contributed by atoms with Crippen molar-refractivity contribution in [3.05, 3.63) is 39.5 Å². The molecular weight excluding hydrogens is 349 g/mol. The lowest BCUT2D eigenvalue weighted by molar-refractivity contribution is 0.198. The molecule has 0 aromatic heterocycles. The van der Waals surface area contributed by atoms with E-state index in [0.29, 0.717) is 11.8 Å². The van der Waals surface area contributed by atoms with Gasteiger partial charge < -0.3 is 5.11 Å². The molecule has 0 aliphatic heterocycles. The van der Waals surface area contributed by atoms with Crippen molar-refractivity contribution in [1.82, 2.24) is 4.90 Å². The van der Waals surface area contributed by atoms with Crippen molar-refractivity contribution >= 4 is 22.6 Å². The summed E-state index contributed by atoms with van der Waals surface area (Å²) in [6.07, 6.45) is 6.67. The summed E-state index contributed by atoms with van der Waals surface area (Å²) >= 11 is 2.28. The Labute approximate surface area is 129 Å². The molecule has 1 aromatic rings. The van der Waals surface area contributed by atoms with E-state index in [2.05, 4.69) is 50.6 Å². The molecule has 0 amide bonds. The lowest BCUT2D eigenvalue weighted by Crippen LogP contribution is -2.40. The van der Waals surface area contributed by atoms with Gasteiger partial charge in [0.2, 0.25) is 0 Å². The lowest BCUT2D eigenvalue weighted by Gasteiger charge is -2.34. The van der Waals surface area contributed by atoms with E-state index in [0.717, 1.165) is 25.9 Å². The molecule has 2 nitrogen and oxygen atoms in total. The number of fused-ring (bicyclic) bond motifs is 1. The maximum Gasteiger partial charge on any atom is 0.119 e. The third kappa shape index (κ3) is 3.72. The van der Waals surface area contributed by atoms with Crippen LogP contribution < -0.4 is 0 Å². The molecular formula is C16H22INO. The van der Waals surface area contributed by atoms with Gasteiger partial charge in [-0.25, -0.2) is 0 Å². The predicted molar refractivity (Wildman–Crippen MR) is 88.9 cm³/mol. The Kier molecular flexibility index (Phi) is 5.70. The molecule has 1 N–H and O–H groups in total. The average Bonchev–Trinajstić information content (AvgIpc) is 2.44. The van der Waals surface area contributed by atoms with Crippen molar-refractivity contribution in [1.29, 1.82) is 0 Å². The molecule has 0 bridgehead atoms. The van der Waals surface area contributed by atoms with Crippen molar-refractivity contribution in [2.75, 3.05) is 13.1 Å². The first-order chi connectivity index (χ1) is 9.26. The molecule has 1 aliphatic carbocycles. The van der Waals surface area contributed by atoms with E-state index in [-0.39, 0.29) is 0 Å². The molecule has 1 aromatic carbocycles.